The van der Waals surface area contributed by atoms with Crippen molar-refractivity contribution in [1.82, 2.24) is 4.57 Å². The summed E-state index contributed by atoms with van der Waals surface area (Å²) in [5.74, 6) is 0.167. The number of thiazole rings is 1. The lowest BCUT2D eigenvalue weighted by atomic mass is 10.2. The second-order valence-electron chi connectivity index (χ2n) is 5.48. The second kappa shape index (κ2) is 6.98. The van der Waals surface area contributed by atoms with Crippen molar-refractivity contribution in [3.05, 3.63) is 74.6 Å². The monoisotopic (exact) mass is 355 g/mol. The van der Waals surface area contributed by atoms with Crippen molar-refractivity contribution < 1.29 is 4.79 Å². The van der Waals surface area contributed by atoms with E-state index in [9.17, 15) is 4.79 Å². The number of hydrogen-bond acceptors (Lipinski definition) is 4. The summed E-state index contributed by atoms with van der Waals surface area (Å²) in [7, 11) is 0. The zero-order chi connectivity index (χ0) is 17.1. The summed E-state index contributed by atoms with van der Waals surface area (Å²) >= 11 is 6.62. The Hall–Kier alpha value is -2.44. The molecule has 3 aromatic rings. The van der Waals surface area contributed by atoms with Gasteiger partial charge in [0.25, 0.3) is 5.91 Å². The number of nitrogen functional groups attached to an aromatic ring is 1. The van der Waals surface area contributed by atoms with Gasteiger partial charge in [-0.25, -0.2) is 0 Å². The molecule has 6 heteroatoms. The molecule has 4 nitrogen and oxygen atoms in total. The van der Waals surface area contributed by atoms with E-state index in [1.807, 2.05) is 61.5 Å². The third kappa shape index (κ3) is 3.55. The molecule has 3 N–H and O–H groups in total. The van der Waals surface area contributed by atoms with E-state index in [2.05, 4.69) is 5.32 Å². The molecule has 1 aromatic heterocycles. The van der Waals surface area contributed by atoms with Crippen molar-refractivity contribution in [3.63, 3.8) is 0 Å². The van der Waals surface area contributed by atoms with Crippen LogP contribution in [0.5, 0.6) is 0 Å². The van der Waals surface area contributed by atoms with Crippen LogP contribution >= 0.6 is 23.6 Å². The highest BCUT2D eigenvalue weighted by Gasteiger charge is 2.17. The largest absolute Gasteiger partial charge is 0.384 e. The molecule has 122 valence electrons. The lowest BCUT2D eigenvalue weighted by molar-refractivity contribution is 0.103. The van der Waals surface area contributed by atoms with E-state index >= 15 is 0 Å². The van der Waals surface area contributed by atoms with Gasteiger partial charge in [0.1, 0.15) is 10.7 Å². The van der Waals surface area contributed by atoms with Crippen molar-refractivity contribution >= 4 is 41.0 Å². The molecule has 0 aliphatic rings. The molecule has 0 atom stereocenters. The highest BCUT2D eigenvalue weighted by molar-refractivity contribution is 7.73. The summed E-state index contributed by atoms with van der Waals surface area (Å²) in [4.78, 5) is 13.0. The minimum atomic E-state index is -0.235. The van der Waals surface area contributed by atoms with E-state index < -0.39 is 0 Å². The molecular weight excluding hydrogens is 338 g/mol. The van der Waals surface area contributed by atoms with Gasteiger partial charge in [-0.15, -0.1) is 0 Å². The number of aromatic nitrogens is 1. The Morgan fingerprint density at radius 3 is 2.67 bits per heavy atom. The summed E-state index contributed by atoms with van der Waals surface area (Å²) in [6.07, 6.45) is 0. The Morgan fingerprint density at radius 1 is 1.21 bits per heavy atom. The highest BCUT2D eigenvalue weighted by Crippen LogP contribution is 2.24. The van der Waals surface area contributed by atoms with Gasteiger partial charge in [-0.05, 0) is 42.4 Å². The number of anilines is 2. The van der Waals surface area contributed by atoms with Gasteiger partial charge < -0.3 is 15.6 Å². The molecule has 0 spiro atoms. The Kier molecular flexibility index (Phi) is 4.78. The third-order valence-electron chi connectivity index (χ3n) is 3.60. The van der Waals surface area contributed by atoms with Crippen molar-refractivity contribution in [3.8, 4) is 0 Å². The molecule has 24 heavy (non-hydrogen) atoms. The van der Waals surface area contributed by atoms with Gasteiger partial charge in [0, 0.05) is 5.69 Å². The molecule has 0 saturated heterocycles. The number of rotatable bonds is 4. The maximum Gasteiger partial charge on any atom is 0.269 e. The summed E-state index contributed by atoms with van der Waals surface area (Å²) in [5.41, 5.74) is 9.09. The summed E-state index contributed by atoms with van der Waals surface area (Å²) < 4.78 is 2.38. The minimum Gasteiger partial charge on any atom is -0.384 e. The number of benzene rings is 2. The first-order chi connectivity index (χ1) is 11.5. The van der Waals surface area contributed by atoms with E-state index in [0.717, 1.165) is 16.8 Å². The average molecular weight is 355 g/mol. The fourth-order valence-corrected chi connectivity index (χ4v) is 3.62. The predicted molar refractivity (Wildman–Crippen MR) is 102 cm³/mol. The number of carbonyl (C=O) groups excluding carboxylic acids is 1. The second-order valence-corrected chi connectivity index (χ2v) is 7.12. The van der Waals surface area contributed by atoms with E-state index in [-0.39, 0.29) is 5.91 Å². The lowest BCUT2D eigenvalue weighted by Crippen LogP contribution is -2.14. The Morgan fingerprint density at radius 2 is 1.96 bits per heavy atom. The number of aryl methyl sites for hydroxylation is 1. The molecule has 1 amide bonds. The van der Waals surface area contributed by atoms with E-state index in [4.69, 9.17) is 18.0 Å². The molecule has 0 unspecified atom stereocenters. The predicted octanol–water partition coefficient (Wildman–Crippen LogP) is 4.47. The van der Waals surface area contributed by atoms with Crippen molar-refractivity contribution in [2.24, 2.45) is 0 Å². The van der Waals surface area contributed by atoms with Crippen LogP contribution in [-0.2, 0) is 6.54 Å². The van der Waals surface area contributed by atoms with Crippen LogP contribution in [-0.4, -0.2) is 10.5 Å². The SMILES string of the molecule is Cc1cccc(NC(=O)c2sc(=S)n(Cc3ccccc3)c2N)c1. The third-order valence-corrected chi connectivity index (χ3v) is 5.06. The van der Waals surface area contributed by atoms with Crippen LogP contribution in [0.3, 0.4) is 0 Å². The number of carbonyl (C=O) groups is 1. The van der Waals surface area contributed by atoms with Crippen LogP contribution in [0, 0.1) is 10.9 Å². The first-order valence-electron chi connectivity index (χ1n) is 7.45. The van der Waals surface area contributed by atoms with E-state index in [1.165, 1.54) is 11.3 Å². The van der Waals surface area contributed by atoms with Crippen LogP contribution in [0.25, 0.3) is 0 Å². The Bertz CT molecular complexity index is 929. The van der Waals surface area contributed by atoms with Crippen LogP contribution in [0.1, 0.15) is 20.8 Å². The molecule has 0 fully saturated rings. The molecule has 1 heterocycles. The number of nitrogens with one attached hydrogen (secondary N) is 1. The van der Waals surface area contributed by atoms with Crippen LogP contribution < -0.4 is 11.1 Å². The Labute approximate surface area is 149 Å². The fraction of sp³-hybridized carbons (Fsp3) is 0.111. The van der Waals surface area contributed by atoms with Gasteiger partial charge >= 0.3 is 0 Å². The lowest BCUT2D eigenvalue weighted by Gasteiger charge is -2.07. The van der Waals surface area contributed by atoms with Crippen LogP contribution in [0.2, 0.25) is 0 Å². The van der Waals surface area contributed by atoms with Gasteiger partial charge in [-0.3, -0.25) is 4.79 Å². The standard InChI is InChI=1S/C18H17N3OS2/c1-12-6-5-9-14(10-12)20-17(22)15-16(19)21(18(23)24-15)11-13-7-3-2-4-8-13/h2-10H,11,19H2,1H3,(H,20,22). The average Bonchev–Trinajstić information content (AvgIpc) is 2.84. The number of nitrogens with two attached hydrogens (primary N) is 1. The maximum atomic E-state index is 12.5. The van der Waals surface area contributed by atoms with Gasteiger partial charge in [0.05, 0.1) is 6.54 Å². The molecule has 3 rings (SSSR count). The highest BCUT2D eigenvalue weighted by atomic mass is 32.1. The molecular formula is C18H17N3OS2. The summed E-state index contributed by atoms with van der Waals surface area (Å²) in [6, 6.07) is 17.5. The number of amides is 1. The minimum absolute atomic E-state index is 0.235. The topological polar surface area (TPSA) is 60.0 Å². The molecule has 0 bridgehead atoms. The maximum absolute atomic E-state index is 12.5. The molecule has 0 radical (unpaired) electrons. The van der Waals surface area contributed by atoms with Crippen molar-refractivity contribution in [2.45, 2.75) is 13.5 Å². The normalized spacial score (nSPS) is 10.5. The molecule has 0 aliphatic heterocycles. The fourth-order valence-electron chi connectivity index (χ4n) is 2.40. The first kappa shape index (κ1) is 16.4. The Balaban J connectivity index is 1.85. The van der Waals surface area contributed by atoms with Gasteiger partial charge in [-0.2, -0.15) is 0 Å². The van der Waals surface area contributed by atoms with Crippen LogP contribution in [0.15, 0.2) is 54.6 Å². The van der Waals surface area contributed by atoms with E-state index in [1.54, 1.807) is 4.57 Å². The number of nitrogens with zero attached hydrogens (tertiary/aromatic N) is 1. The first-order valence-corrected chi connectivity index (χ1v) is 8.68. The van der Waals surface area contributed by atoms with Crippen LogP contribution in [0.4, 0.5) is 11.5 Å². The zero-order valence-electron chi connectivity index (χ0n) is 13.2. The zero-order valence-corrected chi connectivity index (χ0v) is 14.8. The van der Waals surface area contributed by atoms with Crippen molar-refractivity contribution in [1.29, 1.82) is 0 Å². The molecule has 0 aliphatic carbocycles. The quantitative estimate of drug-likeness (QED) is 0.679. The number of hydrogen-bond donors (Lipinski definition) is 2. The van der Waals surface area contributed by atoms with E-state index in [0.29, 0.717) is 21.2 Å². The smallest absolute Gasteiger partial charge is 0.269 e. The summed E-state index contributed by atoms with van der Waals surface area (Å²) in [5, 5.41) is 2.88. The molecule has 0 saturated carbocycles. The summed E-state index contributed by atoms with van der Waals surface area (Å²) in [6.45, 7) is 2.53. The van der Waals surface area contributed by atoms with Gasteiger partial charge in [0.2, 0.25) is 0 Å². The molecule has 2 aromatic carbocycles. The van der Waals surface area contributed by atoms with Crippen molar-refractivity contribution in [2.75, 3.05) is 11.1 Å². The van der Waals surface area contributed by atoms with Gasteiger partial charge in [-0.1, -0.05) is 53.8 Å². The van der Waals surface area contributed by atoms with Gasteiger partial charge in [0.15, 0.2) is 3.95 Å².